The molecule has 0 saturated carbocycles. The van der Waals surface area contributed by atoms with E-state index >= 15 is 0 Å². The molecule has 3 heteroatoms. The minimum atomic E-state index is -0.414. The average Bonchev–Trinajstić information content (AvgIpc) is 2.17. The van der Waals surface area contributed by atoms with Crippen molar-refractivity contribution in [1.29, 1.82) is 0 Å². The second kappa shape index (κ2) is 4.38. The van der Waals surface area contributed by atoms with Crippen LogP contribution in [0, 0.1) is 5.82 Å². The van der Waals surface area contributed by atoms with Gasteiger partial charge in [-0.25, -0.2) is 4.39 Å². The molecule has 1 unspecified atom stereocenters. The number of carbonyl (C=O) groups is 1. The van der Waals surface area contributed by atoms with E-state index in [0.29, 0.717) is 11.4 Å². The highest BCUT2D eigenvalue weighted by Crippen LogP contribution is 2.19. The summed E-state index contributed by atoms with van der Waals surface area (Å²) in [6.45, 7) is 1.66. The summed E-state index contributed by atoms with van der Waals surface area (Å²) in [6.07, 6.45) is 0.719. The summed E-state index contributed by atoms with van der Waals surface area (Å²) in [5.74, 6) is -0.435. The third kappa shape index (κ3) is 2.28. The molecule has 0 amide bonds. The van der Waals surface area contributed by atoms with E-state index in [9.17, 15) is 9.18 Å². The van der Waals surface area contributed by atoms with Crippen molar-refractivity contribution < 1.29 is 9.18 Å². The molecule has 0 radical (unpaired) electrons. The molecule has 13 heavy (non-hydrogen) atoms. The van der Waals surface area contributed by atoms with Crippen LogP contribution in [-0.4, -0.2) is 6.29 Å². The fourth-order valence-electron chi connectivity index (χ4n) is 1.10. The van der Waals surface area contributed by atoms with E-state index in [1.54, 1.807) is 19.1 Å². The normalized spacial score (nSPS) is 12.5. The molecule has 0 heterocycles. The smallest absolute Gasteiger partial charge is 0.127 e. The van der Waals surface area contributed by atoms with Crippen molar-refractivity contribution in [3.63, 3.8) is 0 Å². The molecular weight excluding hydrogens is 191 g/mol. The maximum absolute atomic E-state index is 13.1. The van der Waals surface area contributed by atoms with Gasteiger partial charge in [-0.1, -0.05) is 19.1 Å². The second-order valence-corrected chi connectivity index (χ2v) is 3.18. The van der Waals surface area contributed by atoms with Gasteiger partial charge in [0.15, 0.2) is 0 Å². The van der Waals surface area contributed by atoms with E-state index in [1.807, 2.05) is 0 Å². The fraction of sp³-hybridized carbons (Fsp3) is 0.300. The molecule has 0 bridgehead atoms. The lowest BCUT2D eigenvalue weighted by molar-refractivity contribution is -0.108. The summed E-state index contributed by atoms with van der Waals surface area (Å²) in [7, 11) is 0. The maximum atomic E-state index is 13.1. The minimum Gasteiger partial charge on any atom is -0.303 e. The molecule has 0 aliphatic rings. The van der Waals surface area contributed by atoms with Gasteiger partial charge in [0.05, 0.1) is 0 Å². The van der Waals surface area contributed by atoms with Gasteiger partial charge in [-0.15, -0.1) is 11.6 Å². The zero-order valence-corrected chi connectivity index (χ0v) is 8.01. The molecule has 1 aromatic rings. The lowest BCUT2D eigenvalue weighted by Gasteiger charge is -2.06. The molecule has 0 fully saturated rings. The number of hydrogen-bond acceptors (Lipinski definition) is 1. The summed E-state index contributed by atoms with van der Waals surface area (Å²) in [6, 6.07) is 4.58. The van der Waals surface area contributed by atoms with Crippen LogP contribution < -0.4 is 0 Å². The largest absolute Gasteiger partial charge is 0.303 e. The summed E-state index contributed by atoms with van der Waals surface area (Å²) in [5.41, 5.74) is 1.24. The predicted molar refractivity (Wildman–Crippen MR) is 50.4 cm³/mol. The number of alkyl halides is 1. The number of benzene rings is 1. The van der Waals surface area contributed by atoms with Gasteiger partial charge in [-0.3, -0.25) is 0 Å². The first-order chi connectivity index (χ1) is 6.19. The Balaban J connectivity index is 3.10. The molecule has 1 aromatic carbocycles. The van der Waals surface area contributed by atoms with Gasteiger partial charge in [0, 0.05) is 11.8 Å². The Morgan fingerprint density at radius 1 is 1.62 bits per heavy atom. The van der Waals surface area contributed by atoms with Gasteiger partial charge < -0.3 is 4.79 Å². The van der Waals surface area contributed by atoms with Crippen molar-refractivity contribution in [3.8, 4) is 0 Å². The predicted octanol–water partition coefficient (Wildman–Crippen LogP) is 2.87. The number of hydrogen-bond donors (Lipinski definition) is 0. The zero-order chi connectivity index (χ0) is 9.84. The highest BCUT2D eigenvalue weighted by atomic mass is 35.5. The van der Waals surface area contributed by atoms with E-state index in [-0.39, 0.29) is 5.82 Å². The molecule has 1 nitrogen and oxygen atoms in total. The van der Waals surface area contributed by atoms with Crippen molar-refractivity contribution >= 4 is 17.9 Å². The molecule has 0 aliphatic carbocycles. The van der Waals surface area contributed by atoms with E-state index in [4.69, 9.17) is 11.6 Å². The van der Waals surface area contributed by atoms with Crippen molar-refractivity contribution in [2.45, 2.75) is 18.7 Å². The van der Waals surface area contributed by atoms with Crippen LogP contribution in [0.15, 0.2) is 18.2 Å². The quantitative estimate of drug-likeness (QED) is 0.542. The van der Waals surface area contributed by atoms with Crippen molar-refractivity contribution in [2.75, 3.05) is 0 Å². The molecule has 0 aliphatic heterocycles. The fourth-order valence-corrected chi connectivity index (χ4v) is 1.26. The Hall–Kier alpha value is -0.890. The highest BCUT2D eigenvalue weighted by Gasteiger charge is 2.10. The van der Waals surface area contributed by atoms with Crippen molar-refractivity contribution in [1.82, 2.24) is 0 Å². The summed E-state index contributed by atoms with van der Waals surface area (Å²) in [5, 5.41) is 0. The molecule has 1 rings (SSSR count). The Morgan fingerprint density at radius 2 is 2.31 bits per heavy atom. The molecule has 0 saturated heterocycles. The highest BCUT2D eigenvalue weighted by molar-refractivity contribution is 6.17. The van der Waals surface area contributed by atoms with Crippen molar-refractivity contribution in [2.24, 2.45) is 0 Å². The first-order valence-corrected chi connectivity index (χ1v) is 4.52. The van der Waals surface area contributed by atoms with Crippen LogP contribution in [0.25, 0.3) is 0 Å². The van der Waals surface area contributed by atoms with Crippen LogP contribution >= 0.6 is 11.6 Å². The Labute approximate surface area is 81.5 Å². The van der Waals surface area contributed by atoms with E-state index in [2.05, 4.69) is 0 Å². The third-order valence-electron chi connectivity index (χ3n) is 1.91. The minimum absolute atomic E-state index is 0.332. The van der Waals surface area contributed by atoms with Crippen molar-refractivity contribution in [3.05, 3.63) is 35.1 Å². The average molecular weight is 201 g/mol. The summed E-state index contributed by atoms with van der Waals surface area (Å²) < 4.78 is 13.1. The van der Waals surface area contributed by atoms with Crippen LogP contribution in [0.4, 0.5) is 4.39 Å². The Kier molecular flexibility index (Phi) is 3.43. The van der Waals surface area contributed by atoms with Gasteiger partial charge in [0.2, 0.25) is 0 Å². The van der Waals surface area contributed by atoms with Gasteiger partial charge in [0.1, 0.15) is 12.1 Å². The van der Waals surface area contributed by atoms with Crippen LogP contribution in [0.3, 0.4) is 0 Å². The molecule has 70 valence electrons. The standard InChI is InChI=1S/C10H10ClFO/c1-7(6-13)9-4-8(5-11)2-3-10(9)12/h2-4,6-7H,5H2,1H3. The maximum Gasteiger partial charge on any atom is 0.127 e. The molecule has 1 atom stereocenters. The van der Waals surface area contributed by atoms with Gasteiger partial charge in [0.25, 0.3) is 0 Å². The topological polar surface area (TPSA) is 17.1 Å². The zero-order valence-electron chi connectivity index (χ0n) is 7.26. The van der Waals surface area contributed by atoms with E-state index < -0.39 is 5.92 Å². The molecular formula is C10H10ClFO. The molecule has 0 N–H and O–H groups in total. The molecule has 0 aromatic heterocycles. The summed E-state index contributed by atoms with van der Waals surface area (Å²) in [4.78, 5) is 10.5. The van der Waals surface area contributed by atoms with Gasteiger partial charge >= 0.3 is 0 Å². The lowest BCUT2D eigenvalue weighted by atomic mass is 10.0. The summed E-state index contributed by atoms with van der Waals surface area (Å²) >= 11 is 5.59. The van der Waals surface area contributed by atoms with Gasteiger partial charge in [-0.05, 0) is 17.2 Å². The van der Waals surface area contributed by atoms with Crippen LogP contribution in [0.2, 0.25) is 0 Å². The lowest BCUT2D eigenvalue weighted by Crippen LogP contribution is -1.99. The third-order valence-corrected chi connectivity index (χ3v) is 2.22. The van der Waals surface area contributed by atoms with Crippen LogP contribution in [0.5, 0.6) is 0 Å². The number of halogens is 2. The molecule has 0 spiro atoms. The first kappa shape index (κ1) is 10.2. The number of carbonyl (C=O) groups excluding carboxylic acids is 1. The number of aldehydes is 1. The number of rotatable bonds is 3. The SMILES string of the molecule is CC(C=O)c1cc(CCl)ccc1F. The first-order valence-electron chi connectivity index (χ1n) is 3.98. The Morgan fingerprint density at radius 3 is 2.85 bits per heavy atom. The van der Waals surface area contributed by atoms with Crippen LogP contribution in [-0.2, 0) is 10.7 Å². The monoisotopic (exact) mass is 200 g/mol. The Bertz CT molecular complexity index is 312. The van der Waals surface area contributed by atoms with E-state index in [0.717, 1.165) is 11.8 Å². The van der Waals surface area contributed by atoms with Crippen LogP contribution in [0.1, 0.15) is 24.0 Å². The second-order valence-electron chi connectivity index (χ2n) is 2.91. The van der Waals surface area contributed by atoms with Gasteiger partial charge in [-0.2, -0.15) is 0 Å². The van der Waals surface area contributed by atoms with E-state index in [1.165, 1.54) is 6.07 Å².